The number of ether oxygens (including phenoxy) is 2. The summed E-state index contributed by atoms with van der Waals surface area (Å²) in [5.41, 5.74) is 2.84. The van der Waals surface area contributed by atoms with Gasteiger partial charge in [-0.2, -0.15) is 0 Å². The molecule has 0 atom stereocenters. The molecule has 0 aliphatic carbocycles. The van der Waals surface area contributed by atoms with Crippen LogP contribution in [0.3, 0.4) is 0 Å². The molecular formula is C23H22N2O3. The van der Waals surface area contributed by atoms with Crippen LogP contribution in [0.5, 0.6) is 11.5 Å². The summed E-state index contributed by atoms with van der Waals surface area (Å²) in [6.45, 7) is 0.468. The Labute approximate surface area is 164 Å². The Morgan fingerprint density at radius 2 is 1.61 bits per heavy atom. The van der Waals surface area contributed by atoms with Gasteiger partial charge in [0, 0.05) is 12.8 Å². The van der Waals surface area contributed by atoms with Crippen LogP contribution in [-0.4, -0.2) is 25.8 Å². The number of methoxy groups -OCH3 is 1. The molecule has 0 aliphatic heterocycles. The SMILES string of the molecule is COc1ccc(N=Cc2ccc(OCC(=O)NCc3ccccc3)cc2)cc1. The van der Waals surface area contributed by atoms with Crippen molar-refractivity contribution in [2.45, 2.75) is 6.54 Å². The number of carbonyl (C=O) groups excluding carboxylic acids is 1. The third-order valence-corrected chi connectivity index (χ3v) is 4.02. The van der Waals surface area contributed by atoms with Crippen LogP contribution >= 0.6 is 0 Å². The minimum absolute atomic E-state index is 0.0217. The van der Waals surface area contributed by atoms with Crippen LogP contribution in [0.25, 0.3) is 0 Å². The molecule has 3 aromatic rings. The lowest BCUT2D eigenvalue weighted by atomic mass is 10.2. The van der Waals surface area contributed by atoms with Gasteiger partial charge in [0.05, 0.1) is 12.8 Å². The molecule has 28 heavy (non-hydrogen) atoms. The number of hydrogen-bond acceptors (Lipinski definition) is 4. The lowest BCUT2D eigenvalue weighted by Crippen LogP contribution is -2.28. The molecule has 0 saturated heterocycles. The normalized spacial score (nSPS) is 10.6. The average molecular weight is 374 g/mol. The van der Waals surface area contributed by atoms with Gasteiger partial charge in [-0.15, -0.1) is 0 Å². The second-order valence-corrected chi connectivity index (χ2v) is 6.08. The predicted octanol–water partition coefficient (Wildman–Crippen LogP) is 4.14. The summed E-state index contributed by atoms with van der Waals surface area (Å²) >= 11 is 0. The second kappa shape index (κ2) is 9.92. The molecule has 0 spiro atoms. The summed E-state index contributed by atoms with van der Waals surface area (Å²) in [4.78, 5) is 16.3. The van der Waals surface area contributed by atoms with Gasteiger partial charge in [-0.05, 0) is 59.7 Å². The number of amides is 1. The van der Waals surface area contributed by atoms with Gasteiger partial charge in [-0.3, -0.25) is 9.79 Å². The van der Waals surface area contributed by atoms with Crippen LogP contribution in [0.15, 0.2) is 83.9 Å². The third-order valence-electron chi connectivity index (χ3n) is 4.02. The Bertz CT molecular complexity index is 905. The summed E-state index contributed by atoms with van der Waals surface area (Å²) in [5, 5.41) is 2.83. The number of rotatable bonds is 8. The molecule has 1 amide bonds. The van der Waals surface area contributed by atoms with Gasteiger partial charge in [-0.1, -0.05) is 30.3 Å². The predicted molar refractivity (Wildman–Crippen MR) is 110 cm³/mol. The lowest BCUT2D eigenvalue weighted by molar-refractivity contribution is -0.123. The van der Waals surface area contributed by atoms with Crippen LogP contribution in [0.2, 0.25) is 0 Å². The Kier molecular flexibility index (Phi) is 6.79. The highest BCUT2D eigenvalue weighted by molar-refractivity contribution is 5.82. The average Bonchev–Trinajstić information content (AvgIpc) is 2.76. The van der Waals surface area contributed by atoms with Crippen molar-refractivity contribution in [2.24, 2.45) is 4.99 Å². The van der Waals surface area contributed by atoms with Crippen LogP contribution < -0.4 is 14.8 Å². The second-order valence-electron chi connectivity index (χ2n) is 6.08. The van der Waals surface area contributed by atoms with Crippen molar-refractivity contribution in [3.63, 3.8) is 0 Å². The van der Waals surface area contributed by atoms with Crippen LogP contribution in [0, 0.1) is 0 Å². The van der Waals surface area contributed by atoms with Gasteiger partial charge >= 0.3 is 0 Å². The first-order valence-corrected chi connectivity index (χ1v) is 8.94. The summed E-state index contributed by atoms with van der Waals surface area (Å²) in [6, 6.07) is 24.7. The highest BCUT2D eigenvalue weighted by Crippen LogP contribution is 2.18. The van der Waals surface area contributed by atoms with E-state index in [0.29, 0.717) is 12.3 Å². The monoisotopic (exact) mass is 374 g/mol. The van der Waals surface area contributed by atoms with Gasteiger partial charge in [0.1, 0.15) is 11.5 Å². The standard InChI is InChI=1S/C23H22N2O3/c1-27-21-13-9-20(10-14-21)24-15-19-7-11-22(12-8-19)28-17-23(26)25-16-18-5-3-2-4-6-18/h2-15H,16-17H2,1H3,(H,25,26). The van der Waals surface area contributed by atoms with Crippen LogP contribution in [0.4, 0.5) is 5.69 Å². The fourth-order valence-electron chi connectivity index (χ4n) is 2.46. The first-order chi connectivity index (χ1) is 13.7. The van der Waals surface area contributed by atoms with E-state index in [-0.39, 0.29) is 12.5 Å². The van der Waals surface area contributed by atoms with E-state index in [1.165, 1.54) is 0 Å². The molecule has 0 fully saturated rings. The molecule has 5 heteroatoms. The maximum Gasteiger partial charge on any atom is 0.258 e. The molecule has 0 saturated carbocycles. The highest BCUT2D eigenvalue weighted by Gasteiger charge is 2.03. The molecule has 1 N–H and O–H groups in total. The van der Waals surface area contributed by atoms with E-state index in [4.69, 9.17) is 9.47 Å². The third kappa shape index (κ3) is 5.99. The molecule has 0 unspecified atom stereocenters. The Morgan fingerprint density at radius 1 is 0.929 bits per heavy atom. The van der Waals surface area contributed by atoms with Crippen LogP contribution in [-0.2, 0) is 11.3 Å². The first kappa shape index (κ1) is 19.2. The summed E-state index contributed by atoms with van der Waals surface area (Å²) < 4.78 is 10.7. The van der Waals surface area contributed by atoms with Gasteiger partial charge in [-0.25, -0.2) is 0 Å². The molecule has 142 valence electrons. The Hall–Kier alpha value is -3.60. The number of carbonyl (C=O) groups is 1. The van der Waals surface area contributed by atoms with Crippen molar-refractivity contribution in [3.8, 4) is 11.5 Å². The molecule has 0 aromatic heterocycles. The molecular weight excluding hydrogens is 352 g/mol. The van der Waals surface area contributed by atoms with Crippen molar-refractivity contribution in [1.29, 1.82) is 0 Å². The van der Waals surface area contributed by atoms with Gasteiger partial charge in [0.2, 0.25) is 0 Å². The minimum Gasteiger partial charge on any atom is -0.497 e. The fraction of sp³-hybridized carbons (Fsp3) is 0.130. The zero-order valence-corrected chi connectivity index (χ0v) is 15.7. The van der Waals surface area contributed by atoms with E-state index in [1.54, 1.807) is 13.3 Å². The van der Waals surface area contributed by atoms with Crippen molar-refractivity contribution in [2.75, 3.05) is 13.7 Å². The quantitative estimate of drug-likeness (QED) is 0.603. The van der Waals surface area contributed by atoms with Crippen molar-refractivity contribution < 1.29 is 14.3 Å². The molecule has 3 rings (SSSR count). The number of nitrogens with zero attached hydrogens (tertiary/aromatic N) is 1. The highest BCUT2D eigenvalue weighted by atomic mass is 16.5. The van der Waals surface area contributed by atoms with Crippen LogP contribution in [0.1, 0.15) is 11.1 Å². The maximum atomic E-state index is 11.9. The van der Waals surface area contributed by atoms with E-state index in [9.17, 15) is 4.79 Å². The van der Waals surface area contributed by atoms with E-state index in [0.717, 1.165) is 22.6 Å². The first-order valence-electron chi connectivity index (χ1n) is 8.94. The van der Waals surface area contributed by atoms with Gasteiger partial charge < -0.3 is 14.8 Å². The summed E-state index contributed by atoms with van der Waals surface area (Å²) in [7, 11) is 1.63. The zero-order valence-electron chi connectivity index (χ0n) is 15.7. The summed E-state index contributed by atoms with van der Waals surface area (Å²) in [6.07, 6.45) is 1.78. The fourth-order valence-corrected chi connectivity index (χ4v) is 2.46. The maximum absolute atomic E-state index is 11.9. The molecule has 0 heterocycles. The van der Waals surface area contributed by atoms with Crippen molar-refractivity contribution >= 4 is 17.8 Å². The largest absolute Gasteiger partial charge is 0.497 e. The molecule has 0 aliphatic rings. The number of nitrogens with one attached hydrogen (secondary N) is 1. The number of hydrogen-bond donors (Lipinski definition) is 1. The Balaban J connectivity index is 1.45. The Morgan fingerprint density at radius 3 is 2.29 bits per heavy atom. The van der Waals surface area contributed by atoms with E-state index < -0.39 is 0 Å². The molecule has 0 bridgehead atoms. The van der Waals surface area contributed by atoms with Crippen molar-refractivity contribution in [3.05, 3.63) is 90.0 Å². The number of aliphatic imine (C=N–C) groups is 1. The number of benzene rings is 3. The van der Waals surface area contributed by atoms with Gasteiger partial charge in [0.15, 0.2) is 6.61 Å². The minimum atomic E-state index is -0.158. The van der Waals surface area contributed by atoms with E-state index in [1.807, 2.05) is 78.9 Å². The topological polar surface area (TPSA) is 59.9 Å². The molecule has 3 aromatic carbocycles. The lowest BCUT2D eigenvalue weighted by Gasteiger charge is -2.08. The van der Waals surface area contributed by atoms with Gasteiger partial charge in [0.25, 0.3) is 5.91 Å². The zero-order chi connectivity index (χ0) is 19.6. The molecule has 0 radical (unpaired) electrons. The molecule has 5 nitrogen and oxygen atoms in total. The van der Waals surface area contributed by atoms with Crippen molar-refractivity contribution in [1.82, 2.24) is 5.32 Å². The van der Waals surface area contributed by atoms with E-state index >= 15 is 0 Å². The van der Waals surface area contributed by atoms with E-state index in [2.05, 4.69) is 10.3 Å². The smallest absolute Gasteiger partial charge is 0.258 e. The summed E-state index contributed by atoms with van der Waals surface area (Å²) in [5.74, 6) is 1.28.